The van der Waals surface area contributed by atoms with E-state index in [1.807, 2.05) is 34.6 Å². The van der Waals surface area contributed by atoms with E-state index >= 15 is 0 Å². The van der Waals surface area contributed by atoms with Crippen LogP contribution in [-0.4, -0.2) is 74.6 Å². The van der Waals surface area contributed by atoms with Crippen LogP contribution in [0.15, 0.2) is 35.5 Å². The highest BCUT2D eigenvalue weighted by atomic mass is 16.6. The summed E-state index contributed by atoms with van der Waals surface area (Å²) >= 11 is 0. The third-order valence-corrected chi connectivity index (χ3v) is 10.9. The quantitative estimate of drug-likeness (QED) is 0.305. The number of benzene rings is 1. The third-order valence-electron chi connectivity index (χ3n) is 10.9. The zero-order valence-corrected chi connectivity index (χ0v) is 26.4. The van der Waals surface area contributed by atoms with E-state index in [0.29, 0.717) is 16.9 Å². The van der Waals surface area contributed by atoms with Crippen LogP contribution in [-0.2, 0) is 30.9 Å². The standard InChI is InChI=1S/C34H40O10/c1-15(2)20(35)12-18-24(36)22-25(37)19-13-32(41-9)14-21-31(7,8)44-33(29(32)40,11-10-16(3)28(38)39)34(19,21)43-27(22)23-26(18)42-17(4)30(23,5)6/h10,13,17,20-21,35-36H,1,11-12,14H2,2-9H3,(H,38,39)/t17-,20+,21+,32+,33+,34-/m0/s1. The summed E-state index contributed by atoms with van der Waals surface area (Å²) in [6.07, 6.45) is 1.50. The van der Waals surface area contributed by atoms with E-state index in [-0.39, 0.29) is 53.0 Å². The van der Waals surface area contributed by atoms with Gasteiger partial charge in [-0.1, -0.05) is 32.1 Å². The molecule has 3 N–H and O–H groups in total. The lowest BCUT2D eigenvalue weighted by molar-refractivity contribution is -0.190. The van der Waals surface area contributed by atoms with Crippen molar-refractivity contribution in [2.24, 2.45) is 5.92 Å². The van der Waals surface area contributed by atoms with Crippen LogP contribution in [0.3, 0.4) is 0 Å². The molecule has 1 saturated carbocycles. The molecule has 0 aromatic heterocycles. The van der Waals surface area contributed by atoms with Gasteiger partial charge in [0, 0.05) is 53.6 Å². The molecule has 6 aliphatic rings. The molecule has 3 aliphatic heterocycles. The van der Waals surface area contributed by atoms with Crippen LogP contribution >= 0.6 is 0 Å². The lowest BCUT2D eigenvalue weighted by atomic mass is 9.49. The number of carbonyl (C=O) groups excluding carboxylic acids is 2. The lowest BCUT2D eigenvalue weighted by Crippen LogP contribution is -2.77. The van der Waals surface area contributed by atoms with Gasteiger partial charge in [0.2, 0.25) is 5.78 Å². The molecule has 6 atom stereocenters. The smallest absolute Gasteiger partial charge is 0.330 e. The van der Waals surface area contributed by atoms with Crippen molar-refractivity contribution in [1.82, 2.24) is 0 Å². The summed E-state index contributed by atoms with van der Waals surface area (Å²) in [5.74, 6) is -2.64. The molecule has 3 heterocycles. The Morgan fingerprint density at radius 2 is 1.86 bits per heavy atom. The first-order chi connectivity index (χ1) is 20.3. The van der Waals surface area contributed by atoms with E-state index in [2.05, 4.69) is 6.58 Å². The number of phenols is 1. The number of rotatable bonds is 7. The van der Waals surface area contributed by atoms with Crippen molar-refractivity contribution in [3.05, 3.63) is 52.1 Å². The number of methoxy groups -OCH3 is 1. The number of ketones is 2. The molecule has 1 spiro atoms. The van der Waals surface area contributed by atoms with Crippen molar-refractivity contribution in [1.29, 1.82) is 0 Å². The Balaban J connectivity index is 1.69. The first-order valence-electron chi connectivity index (χ1n) is 14.9. The Labute approximate surface area is 256 Å². The molecule has 0 amide bonds. The molecule has 2 fully saturated rings. The number of ether oxygens (including phenoxy) is 4. The number of aliphatic hydroxyl groups excluding tert-OH is 1. The molecular formula is C34H40O10. The molecule has 0 radical (unpaired) electrons. The summed E-state index contributed by atoms with van der Waals surface area (Å²) < 4.78 is 26.0. The van der Waals surface area contributed by atoms with Gasteiger partial charge >= 0.3 is 5.97 Å². The van der Waals surface area contributed by atoms with Crippen LogP contribution in [0.2, 0.25) is 0 Å². The number of fused-ring (bicyclic) bond motifs is 3. The number of Topliss-reactive ketones (excluding diaryl/α,β-unsaturated/α-hetero) is 2. The normalized spacial score (nSPS) is 34.4. The predicted octanol–water partition coefficient (Wildman–Crippen LogP) is 4.13. The molecule has 4 bridgehead atoms. The number of aliphatic hydroxyl groups is 1. The van der Waals surface area contributed by atoms with Gasteiger partial charge in [0.25, 0.3) is 0 Å². The molecule has 1 aromatic carbocycles. The summed E-state index contributed by atoms with van der Waals surface area (Å²) in [6.45, 7) is 16.4. The Bertz CT molecular complexity index is 1630. The van der Waals surface area contributed by atoms with Crippen LogP contribution in [0.4, 0.5) is 0 Å². The van der Waals surface area contributed by atoms with Crippen LogP contribution < -0.4 is 9.47 Å². The monoisotopic (exact) mass is 608 g/mol. The number of carbonyl (C=O) groups is 3. The Morgan fingerprint density at radius 1 is 1.20 bits per heavy atom. The average Bonchev–Trinajstić information content (AvgIpc) is 3.27. The van der Waals surface area contributed by atoms with Gasteiger partial charge in [0.05, 0.1) is 11.7 Å². The molecule has 3 aliphatic carbocycles. The summed E-state index contributed by atoms with van der Waals surface area (Å²) in [5, 5.41) is 32.2. The van der Waals surface area contributed by atoms with Crippen LogP contribution in [0, 0.1) is 5.92 Å². The van der Waals surface area contributed by atoms with Gasteiger partial charge in [0.15, 0.2) is 17.0 Å². The van der Waals surface area contributed by atoms with Crippen molar-refractivity contribution < 1.29 is 48.7 Å². The molecular weight excluding hydrogens is 568 g/mol. The van der Waals surface area contributed by atoms with Crippen molar-refractivity contribution in [2.45, 2.75) is 108 Å². The fraction of sp³-hybridized carbons (Fsp3) is 0.559. The van der Waals surface area contributed by atoms with E-state index in [1.165, 1.54) is 26.2 Å². The minimum absolute atomic E-state index is 0.0111. The van der Waals surface area contributed by atoms with Gasteiger partial charge < -0.3 is 34.3 Å². The highest BCUT2D eigenvalue weighted by molar-refractivity contribution is 6.20. The van der Waals surface area contributed by atoms with E-state index in [1.54, 1.807) is 6.92 Å². The van der Waals surface area contributed by atoms with Gasteiger partial charge in [-0.2, -0.15) is 0 Å². The minimum Gasteiger partial charge on any atom is -0.507 e. The fourth-order valence-electron chi connectivity index (χ4n) is 8.08. The van der Waals surface area contributed by atoms with Gasteiger partial charge in [-0.3, -0.25) is 9.59 Å². The van der Waals surface area contributed by atoms with E-state index in [9.17, 15) is 29.7 Å². The maximum absolute atomic E-state index is 14.8. The van der Waals surface area contributed by atoms with Crippen molar-refractivity contribution >= 4 is 17.5 Å². The second kappa shape index (κ2) is 9.05. The largest absolute Gasteiger partial charge is 0.507 e. The first-order valence-corrected chi connectivity index (χ1v) is 14.9. The number of carboxylic acid groups (broad SMARTS) is 1. The minimum atomic E-state index is -1.81. The number of phenolic OH excluding ortho intramolecular Hbond substituents is 1. The number of hydrogen-bond acceptors (Lipinski definition) is 9. The van der Waals surface area contributed by atoms with Crippen molar-refractivity contribution in [2.75, 3.05) is 7.11 Å². The number of carboxylic acids is 1. The van der Waals surface area contributed by atoms with Gasteiger partial charge in [0.1, 0.15) is 34.5 Å². The zero-order valence-electron chi connectivity index (χ0n) is 26.4. The van der Waals surface area contributed by atoms with Crippen LogP contribution in [0.5, 0.6) is 17.2 Å². The predicted molar refractivity (Wildman–Crippen MR) is 158 cm³/mol. The Morgan fingerprint density at radius 3 is 2.45 bits per heavy atom. The molecule has 0 unspecified atom stereocenters. The summed E-state index contributed by atoms with van der Waals surface area (Å²) in [4.78, 5) is 41.2. The fourth-order valence-corrected chi connectivity index (χ4v) is 8.08. The van der Waals surface area contributed by atoms with E-state index in [0.717, 1.165) is 0 Å². The summed E-state index contributed by atoms with van der Waals surface area (Å²) in [5.41, 5.74) is -5.32. The lowest BCUT2D eigenvalue weighted by Gasteiger charge is -2.59. The summed E-state index contributed by atoms with van der Waals surface area (Å²) in [6, 6.07) is 0. The molecule has 10 heteroatoms. The number of aliphatic carboxylic acids is 1. The molecule has 7 rings (SSSR count). The van der Waals surface area contributed by atoms with Crippen LogP contribution in [0.25, 0.3) is 0 Å². The number of hydrogen-bond donors (Lipinski definition) is 3. The Hall–Kier alpha value is -3.47. The zero-order chi connectivity index (χ0) is 32.5. The molecule has 44 heavy (non-hydrogen) atoms. The van der Waals surface area contributed by atoms with Crippen LogP contribution in [0.1, 0.15) is 82.8 Å². The van der Waals surface area contributed by atoms with Gasteiger partial charge in [-0.05, 0) is 47.1 Å². The van der Waals surface area contributed by atoms with E-state index in [4.69, 9.17) is 18.9 Å². The number of aromatic hydroxyl groups is 1. The highest BCUT2D eigenvalue weighted by Gasteiger charge is 2.84. The maximum atomic E-state index is 14.8. The maximum Gasteiger partial charge on any atom is 0.330 e. The van der Waals surface area contributed by atoms with Gasteiger partial charge in [-0.15, -0.1) is 0 Å². The SMILES string of the molecule is C=C(C)[C@H](O)Cc1c(O)c2c(c3c1O[C@@H](C)C3(C)C)O[C@@]13C(=C[C@@]4(OC)C[C@@H]1C(C)(C)O[C@]3(CC=C(C)C(=O)O)C4=O)C2=O. The molecule has 1 aromatic rings. The highest BCUT2D eigenvalue weighted by Crippen LogP contribution is 2.70. The molecule has 1 saturated heterocycles. The van der Waals surface area contributed by atoms with Crippen molar-refractivity contribution in [3.63, 3.8) is 0 Å². The molecule has 236 valence electrons. The third kappa shape index (κ3) is 3.44. The van der Waals surface area contributed by atoms with Gasteiger partial charge in [-0.25, -0.2) is 4.79 Å². The first kappa shape index (κ1) is 30.6. The van der Waals surface area contributed by atoms with E-state index < -0.39 is 63.5 Å². The second-order valence-corrected chi connectivity index (χ2v) is 14.1. The van der Waals surface area contributed by atoms with Crippen molar-refractivity contribution in [3.8, 4) is 17.2 Å². The Kier molecular flexibility index (Phi) is 6.28. The molecule has 10 nitrogen and oxygen atoms in total. The average molecular weight is 609 g/mol. The topological polar surface area (TPSA) is 149 Å². The summed E-state index contributed by atoms with van der Waals surface area (Å²) in [7, 11) is 1.40. The second-order valence-electron chi connectivity index (χ2n) is 14.1.